The third kappa shape index (κ3) is 1.86. The molecule has 66 valence electrons. The summed E-state index contributed by atoms with van der Waals surface area (Å²) in [7, 11) is -4.67. The summed E-state index contributed by atoms with van der Waals surface area (Å²) in [6.07, 6.45) is 0. The molecule has 0 saturated carbocycles. The summed E-state index contributed by atoms with van der Waals surface area (Å²) < 4.78 is 32.4. The van der Waals surface area contributed by atoms with Gasteiger partial charge in [0.1, 0.15) is 5.70 Å². The van der Waals surface area contributed by atoms with Crippen LogP contribution in [0, 0.1) is 0 Å². The first-order chi connectivity index (χ1) is 5.40. The normalized spacial score (nSPS) is 17.3. The van der Waals surface area contributed by atoms with Gasteiger partial charge in [0.2, 0.25) is 5.76 Å². The van der Waals surface area contributed by atoms with Crippen molar-refractivity contribution < 1.29 is 21.9 Å². The molecule has 0 bridgehead atoms. The molecule has 1 rings (SSSR count). The second-order valence-corrected chi connectivity index (χ2v) is 2.95. The van der Waals surface area contributed by atoms with Crippen molar-refractivity contribution in [3.63, 3.8) is 0 Å². The Hall–Kier alpha value is -1.28. The molecule has 0 unspecified atom stereocenters. The molecule has 1 heterocycles. The van der Waals surface area contributed by atoms with Crippen LogP contribution in [-0.4, -0.2) is 18.9 Å². The van der Waals surface area contributed by atoms with E-state index in [1.165, 1.54) is 6.92 Å². The van der Waals surface area contributed by atoms with E-state index in [4.69, 9.17) is 4.55 Å². The zero-order valence-corrected chi connectivity index (χ0v) is 6.70. The van der Waals surface area contributed by atoms with Crippen LogP contribution in [0.3, 0.4) is 0 Å². The Bertz CT molecular complexity index is 378. The number of hydrogen-bond acceptors (Lipinski definition) is 5. The monoisotopic (exact) mass is 192 g/mol. The van der Waals surface area contributed by atoms with Crippen LogP contribution in [0.25, 0.3) is 0 Å². The summed E-state index contributed by atoms with van der Waals surface area (Å²) in [5.41, 5.74) is 0.0117. The Labute approximate surface area is 67.7 Å². The molecular formula is C4H4N2O5S. The van der Waals surface area contributed by atoms with Gasteiger partial charge in [-0.2, -0.15) is 8.42 Å². The number of amides is 1. The van der Waals surface area contributed by atoms with Gasteiger partial charge in [0.25, 0.3) is 0 Å². The van der Waals surface area contributed by atoms with Crippen LogP contribution < -0.4 is 0 Å². The molecule has 0 aromatic rings. The van der Waals surface area contributed by atoms with Crippen LogP contribution in [0.1, 0.15) is 6.92 Å². The zero-order chi connectivity index (χ0) is 9.35. The molecule has 1 amide bonds. The molecule has 1 aliphatic heterocycles. The first-order valence-electron chi connectivity index (χ1n) is 2.74. The van der Waals surface area contributed by atoms with Crippen LogP contribution >= 0.6 is 0 Å². The number of allylic oxidation sites excluding steroid dienone is 1. The molecule has 1 N–H and O–H groups in total. The maximum absolute atomic E-state index is 10.6. The van der Waals surface area contributed by atoms with E-state index in [1.54, 1.807) is 0 Å². The van der Waals surface area contributed by atoms with E-state index in [0.717, 1.165) is 0 Å². The molecule has 8 heteroatoms. The summed E-state index contributed by atoms with van der Waals surface area (Å²) in [5, 5.41) is 6.23. The van der Waals surface area contributed by atoms with Gasteiger partial charge in [-0.15, -0.1) is 10.2 Å². The Morgan fingerprint density at radius 2 is 2.00 bits per heavy atom. The van der Waals surface area contributed by atoms with Gasteiger partial charge in [0, 0.05) is 0 Å². The van der Waals surface area contributed by atoms with E-state index in [-0.39, 0.29) is 5.70 Å². The van der Waals surface area contributed by atoms with Crippen LogP contribution in [0.4, 0.5) is 0 Å². The highest BCUT2D eigenvalue weighted by molar-refractivity contribution is 7.81. The molecule has 0 atom stereocenters. The molecule has 7 nitrogen and oxygen atoms in total. The van der Waals surface area contributed by atoms with Gasteiger partial charge in [-0.3, -0.25) is 9.35 Å². The van der Waals surface area contributed by atoms with Crippen molar-refractivity contribution in [2.24, 2.45) is 10.2 Å². The predicted octanol–water partition coefficient (Wildman–Crippen LogP) is 0.0297. The maximum Gasteiger partial charge on any atom is 0.446 e. The van der Waals surface area contributed by atoms with Crippen LogP contribution in [0.5, 0.6) is 0 Å². The minimum atomic E-state index is -4.67. The Balaban J connectivity index is 2.93. The van der Waals surface area contributed by atoms with Crippen molar-refractivity contribution in [1.29, 1.82) is 0 Å². The van der Waals surface area contributed by atoms with E-state index in [9.17, 15) is 13.2 Å². The summed E-state index contributed by atoms with van der Waals surface area (Å²) in [6.45, 7) is 1.33. The second kappa shape index (κ2) is 2.64. The fourth-order valence-electron chi connectivity index (χ4n) is 0.567. The van der Waals surface area contributed by atoms with E-state index in [0.29, 0.717) is 0 Å². The molecule has 0 fully saturated rings. The summed E-state index contributed by atoms with van der Waals surface area (Å²) in [4.78, 5) is 10.6. The van der Waals surface area contributed by atoms with Crippen LogP contribution in [0.15, 0.2) is 21.7 Å². The highest BCUT2D eigenvalue weighted by atomic mass is 32.3. The van der Waals surface area contributed by atoms with Crippen LogP contribution in [-0.2, 0) is 19.4 Å². The Morgan fingerprint density at radius 3 is 2.33 bits per heavy atom. The number of carbonyl (C=O) groups excluding carboxylic acids is 1. The highest BCUT2D eigenvalue weighted by Gasteiger charge is 2.24. The van der Waals surface area contributed by atoms with Gasteiger partial charge >= 0.3 is 16.3 Å². The van der Waals surface area contributed by atoms with Crippen molar-refractivity contribution in [3.8, 4) is 0 Å². The van der Waals surface area contributed by atoms with Crippen molar-refractivity contribution in [1.82, 2.24) is 0 Å². The largest absolute Gasteiger partial charge is 0.446 e. The number of carbonyl (C=O) groups is 1. The number of azo groups is 1. The lowest BCUT2D eigenvalue weighted by Crippen LogP contribution is -2.08. The third-order valence-corrected chi connectivity index (χ3v) is 1.38. The highest BCUT2D eigenvalue weighted by Crippen LogP contribution is 2.18. The minimum Gasteiger partial charge on any atom is -0.354 e. The van der Waals surface area contributed by atoms with E-state index in [2.05, 4.69) is 14.4 Å². The van der Waals surface area contributed by atoms with Gasteiger partial charge in [-0.1, -0.05) is 0 Å². The fourth-order valence-corrected chi connectivity index (χ4v) is 0.970. The average Bonchev–Trinajstić information content (AvgIpc) is 2.16. The smallest absolute Gasteiger partial charge is 0.354 e. The summed E-state index contributed by atoms with van der Waals surface area (Å²) in [5.74, 6) is -1.50. The van der Waals surface area contributed by atoms with Crippen LogP contribution in [0.2, 0.25) is 0 Å². The second-order valence-electron chi connectivity index (χ2n) is 1.93. The summed E-state index contributed by atoms with van der Waals surface area (Å²) in [6, 6.07) is 0. The molecular weight excluding hydrogens is 188 g/mol. The molecule has 0 aliphatic carbocycles. The molecule has 0 saturated heterocycles. The fraction of sp³-hybridized carbons (Fsp3) is 0.250. The molecule has 0 radical (unpaired) electrons. The standard InChI is InChI=1S/C4H4N2O5S/c1-2-3(4(7)6-5-2)11-12(8,9)10/h1H3,(H,8,9,10). The lowest BCUT2D eigenvalue weighted by molar-refractivity contribution is -0.116. The Morgan fingerprint density at radius 1 is 1.42 bits per heavy atom. The topological polar surface area (TPSA) is 105 Å². The van der Waals surface area contributed by atoms with E-state index < -0.39 is 22.1 Å². The predicted molar refractivity (Wildman–Crippen MR) is 35.2 cm³/mol. The quantitative estimate of drug-likeness (QED) is 0.621. The van der Waals surface area contributed by atoms with Crippen molar-refractivity contribution in [3.05, 3.63) is 11.5 Å². The zero-order valence-electron chi connectivity index (χ0n) is 5.88. The molecule has 0 spiro atoms. The van der Waals surface area contributed by atoms with Gasteiger partial charge in [-0.25, -0.2) is 0 Å². The first-order valence-corrected chi connectivity index (χ1v) is 4.10. The van der Waals surface area contributed by atoms with Gasteiger partial charge in [0.15, 0.2) is 0 Å². The molecule has 12 heavy (non-hydrogen) atoms. The minimum absolute atomic E-state index is 0.0117. The van der Waals surface area contributed by atoms with Gasteiger partial charge in [0.05, 0.1) is 0 Å². The molecule has 0 aromatic heterocycles. The van der Waals surface area contributed by atoms with E-state index >= 15 is 0 Å². The number of hydrogen-bond donors (Lipinski definition) is 1. The SMILES string of the molecule is CC1=C(OS(=O)(=O)O)C(=O)N=N1. The van der Waals surface area contributed by atoms with Gasteiger partial charge in [-0.05, 0) is 6.92 Å². The molecule has 1 aliphatic rings. The van der Waals surface area contributed by atoms with Crippen molar-refractivity contribution >= 4 is 16.3 Å². The van der Waals surface area contributed by atoms with E-state index in [1.807, 2.05) is 0 Å². The van der Waals surface area contributed by atoms with Crippen molar-refractivity contribution in [2.75, 3.05) is 0 Å². The van der Waals surface area contributed by atoms with Crippen molar-refractivity contribution in [2.45, 2.75) is 6.92 Å². The molecule has 0 aromatic carbocycles. The third-order valence-electron chi connectivity index (χ3n) is 1.00. The van der Waals surface area contributed by atoms with Gasteiger partial charge < -0.3 is 4.18 Å². The maximum atomic E-state index is 10.6. The first kappa shape index (κ1) is 8.81. The number of nitrogens with zero attached hydrogens (tertiary/aromatic N) is 2. The lowest BCUT2D eigenvalue weighted by atomic mass is 10.4. The number of rotatable bonds is 2. The lowest BCUT2D eigenvalue weighted by Gasteiger charge is -1.98. The average molecular weight is 192 g/mol. The Kier molecular flexibility index (Phi) is 1.94. The summed E-state index contributed by atoms with van der Waals surface area (Å²) >= 11 is 0.